The molecular formula is C17H23N5O2. The highest BCUT2D eigenvalue weighted by Gasteiger charge is 2.18. The van der Waals surface area contributed by atoms with Crippen molar-refractivity contribution >= 4 is 5.91 Å². The third-order valence-corrected chi connectivity index (χ3v) is 3.90. The highest BCUT2D eigenvalue weighted by molar-refractivity contribution is 5.91. The van der Waals surface area contributed by atoms with E-state index in [9.17, 15) is 4.79 Å². The molecule has 0 aliphatic carbocycles. The topological polar surface area (TPSA) is 95.1 Å². The number of hydrogen-bond donors (Lipinski definition) is 2. The van der Waals surface area contributed by atoms with E-state index >= 15 is 0 Å². The average Bonchev–Trinajstić information content (AvgIpc) is 2.99. The van der Waals surface area contributed by atoms with Crippen LogP contribution in [0.1, 0.15) is 41.8 Å². The number of aromatic nitrogens is 3. The van der Waals surface area contributed by atoms with Crippen LogP contribution >= 0.6 is 0 Å². The van der Waals surface area contributed by atoms with E-state index in [-0.39, 0.29) is 6.10 Å². The van der Waals surface area contributed by atoms with Gasteiger partial charge in [-0.2, -0.15) is 5.10 Å². The van der Waals surface area contributed by atoms with Gasteiger partial charge in [0.05, 0.1) is 29.9 Å². The number of nitrogens with one attached hydrogen (secondary N) is 1. The number of carbonyl (C=O) groups is 1. The van der Waals surface area contributed by atoms with Gasteiger partial charge in [0.2, 0.25) is 0 Å². The quantitative estimate of drug-likeness (QED) is 0.860. The number of nitrogens with zero attached hydrogens (tertiary/aromatic N) is 3. The largest absolute Gasteiger partial charge is 0.369 e. The summed E-state index contributed by atoms with van der Waals surface area (Å²) in [4.78, 5) is 16.2. The Hall–Kier alpha value is -2.25. The second-order valence-electron chi connectivity index (χ2n) is 6.40. The lowest BCUT2D eigenvalue weighted by Crippen LogP contribution is -2.33. The molecule has 2 aromatic heterocycles. The summed E-state index contributed by atoms with van der Waals surface area (Å²) >= 11 is 0. The fourth-order valence-electron chi connectivity index (χ4n) is 2.79. The molecule has 1 atom stereocenters. The van der Waals surface area contributed by atoms with E-state index in [1.807, 2.05) is 12.1 Å². The van der Waals surface area contributed by atoms with Crippen molar-refractivity contribution in [2.24, 2.45) is 11.7 Å². The number of amides is 1. The summed E-state index contributed by atoms with van der Waals surface area (Å²) in [5.74, 6) is -0.0491. The van der Waals surface area contributed by atoms with Crippen LogP contribution in [0.15, 0.2) is 24.4 Å². The Morgan fingerprint density at radius 2 is 2.33 bits per heavy atom. The molecule has 0 saturated carbocycles. The van der Waals surface area contributed by atoms with Gasteiger partial charge in [0.25, 0.3) is 5.91 Å². The first-order chi connectivity index (χ1) is 11.5. The van der Waals surface area contributed by atoms with Crippen molar-refractivity contribution in [3.05, 3.63) is 41.5 Å². The highest BCUT2D eigenvalue weighted by atomic mass is 16.5. The van der Waals surface area contributed by atoms with Crippen LogP contribution in [0.3, 0.4) is 0 Å². The zero-order valence-corrected chi connectivity index (χ0v) is 14.0. The van der Waals surface area contributed by atoms with E-state index < -0.39 is 5.91 Å². The van der Waals surface area contributed by atoms with E-state index in [2.05, 4.69) is 29.2 Å². The monoisotopic (exact) mass is 329 g/mol. The summed E-state index contributed by atoms with van der Waals surface area (Å²) in [6.07, 6.45) is 2.45. The molecule has 3 N–H and O–H groups in total. The lowest BCUT2D eigenvalue weighted by molar-refractivity contribution is 0.0250. The van der Waals surface area contributed by atoms with Crippen LogP contribution in [0.5, 0.6) is 0 Å². The van der Waals surface area contributed by atoms with Crippen molar-refractivity contribution in [2.75, 3.05) is 19.7 Å². The normalized spacial score (nSPS) is 18.0. The van der Waals surface area contributed by atoms with Crippen molar-refractivity contribution in [1.29, 1.82) is 0 Å². The van der Waals surface area contributed by atoms with Crippen LogP contribution in [0, 0.1) is 5.92 Å². The summed E-state index contributed by atoms with van der Waals surface area (Å²) in [6, 6.07) is 5.55. The molecule has 0 aromatic carbocycles. The summed E-state index contributed by atoms with van der Waals surface area (Å²) in [5.41, 5.74) is 8.29. The zero-order chi connectivity index (χ0) is 17.1. The second-order valence-corrected chi connectivity index (χ2v) is 6.40. The Bertz CT molecular complexity index is 702. The van der Waals surface area contributed by atoms with Crippen LogP contribution < -0.4 is 11.1 Å². The maximum absolute atomic E-state index is 11.7. The van der Waals surface area contributed by atoms with Gasteiger partial charge < -0.3 is 15.8 Å². The molecular weight excluding hydrogens is 306 g/mol. The maximum atomic E-state index is 11.7. The Kier molecular flexibility index (Phi) is 4.92. The standard InChI is InChI=1S/C17H23N5O2/c1-11(2)7-12-8-15(17(18)23)22(21-12)13-3-4-14(20-9-13)16-10-19-5-6-24-16/h3-4,8-9,11,16,19H,5-7,10H2,1-2H3,(H2,18,23)/t16-/m1/s1. The number of rotatable bonds is 5. The van der Waals surface area contributed by atoms with E-state index in [0.717, 1.165) is 30.9 Å². The highest BCUT2D eigenvalue weighted by Crippen LogP contribution is 2.19. The van der Waals surface area contributed by atoms with Gasteiger partial charge in [-0.25, -0.2) is 4.68 Å². The Labute approximate surface area is 141 Å². The molecule has 0 bridgehead atoms. The molecule has 1 amide bonds. The van der Waals surface area contributed by atoms with E-state index in [1.54, 1.807) is 16.9 Å². The van der Waals surface area contributed by atoms with Gasteiger partial charge in [0.15, 0.2) is 0 Å². The van der Waals surface area contributed by atoms with Crippen LogP contribution in [-0.2, 0) is 11.2 Å². The molecule has 128 valence electrons. The summed E-state index contributed by atoms with van der Waals surface area (Å²) in [6.45, 7) is 6.51. The Balaban J connectivity index is 1.87. The minimum absolute atomic E-state index is 0.0439. The fourth-order valence-corrected chi connectivity index (χ4v) is 2.79. The van der Waals surface area contributed by atoms with E-state index in [1.165, 1.54) is 0 Å². The number of hydrogen-bond acceptors (Lipinski definition) is 5. The predicted molar refractivity (Wildman–Crippen MR) is 90.0 cm³/mol. The Morgan fingerprint density at radius 3 is 2.92 bits per heavy atom. The molecule has 3 rings (SSSR count). The van der Waals surface area contributed by atoms with Crippen molar-refractivity contribution in [1.82, 2.24) is 20.1 Å². The van der Waals surface area contributed by atoms with Gasteiger partial charge in [0.1, 0.15) is 11.8 Å². The van der Waals surface area contributed by atoms with E-state index in [0.29, 0.717) is 23.9 Å². The minimum atomic E-state index is -0.499. The number of morpholine rings is 1. The molecule has 7 nitrogen and oxygen atoms in total. The van der Waals surface area contributed by atoms with Crippen LogP contribution in [0.25, 0.3) is 5.69 Å². The average molecular weight is 329 g/mol. The first-order valence-corrected chi connectivity index (χ1v) is 8.22. The molecule has 3 heterocycles. The lowest BCUT2D eigenvalue weighted by Gasteiger charge is -2.23. The molecule has 0 unspecified atom stereocenters. The number of nitrogens with two attached hydrogens (primary N) is 1. The molecule has 0 spiro atoms. The number of primary amides is 1. The van der Waals surface area contributed by atoms with Crippen LogP contribution in [-0.4, -0.2) is 40.4 Å². The third kappa shape index (κ3) is 3.63. The summed E-state index contributed by atoms with van der Waals surface area (Å²) in [7, 11) is 0. The van der Waals surface area contributed by atoms with Crippen molar-refractivity contribution in [3.63, 3.8) is 0 Å². The van der Waals surface area contributed by atoms with Gasteiger partial charge in [-0.3, -0.25) is 9.78 Å². The number of pyridine rings is 1. The zero-order valence-electron chi connectivity index (χ0n) is 14.0. The predicted octanol–water partition coefficient (Wildman–Crippen LogP) is 1.23. The van der Waals surface area contributed by atoms with Crippen molar-refractivity contribution in [2.45, 2.75) is 26.4 Å². The maximum Gasteiger partial charge on any atom is 0.267 e. The number of ether oxygens (including phenoxy) is 1. The molecule has 24 heavy (non-hydrogen) atoms. The van der Waals surface area contributed by atoms with Gasteiger partial charge in [0, 0.05) is 13.1 Å². The van der Waals surface area contributed by atoms with Crippen molar-refractivity contribution in [3.8, 4) is 5.69 Å². The fraction of sp³-hybridized carbons (Fsp3) is 0.471. The van der Waals surface area contributed by atoms with Gasteiger partial charge in [-0.1, -0.05) is 13.8 Å². The first kappa shape index (κ1) is 16.6. The van der Waals surface area contributed by atoms with Gasteiger partial charge in [-0.05, 0) is 30.5 Å². The molecule has 0 radical (unpaired) electrons. The van der Waals surface area contributed by atoms with Gasteiger partial charge in [-0.15, -0.1) is 0 Å². The summed E-state index contributed by atoms with van der Waals surface area (Å²) in [5, 5.41) is 7.80. The molecule has 7 heteroatoms. The molecule has 1 saturated heterocycles. The molecule has 2 aromatic rings. The second kappa shape index (κ2) is 7.11. The SMILES string of the molecule is CC(C)Cc1cc(C(N)=O)n(-c2ccc([C@H]3CNCCO3)nc2)n1. The third-order valence-electron chi connectivity index (χ3n) is 3.90. The smallest absolute Gasteiger partial charge is 0.267 e. The van der Waals surface area contributed by atoms with Crippen LogP contribution in [0.2, 0.25) is 0 Å². The van der Waals surface area contributed by atoms with Gasteiger partial charge >= 0.3 is 0 Å². The van der Waals surface area contributed by atoms with Crippen LogP contribution in [0.4, 0.5) is 0 Å². The molecule has 1 fully saturated rings. The first-order valence-electron chi connectivity index (χ1n) is 8.22. The lowest BCUT2D eigenvalue weighted by atomic mass is 10.1. The van der Waals surface area contributed by atoms with Crippen molar-refractivity contribution < 1.29 is 9.53 Å². The Morgan fingerprint density at radius 1 is 1.50 bits per heavy atom. The molecule has 1 aliphatic rings. The number of carbonyl (C=O) groups excluding carboxylic acids is 1. The molecule has 1 aliphatic heterocycles. The minimum Gasteiger partial charge on any atom is -0.369 e. The summed E-state index contributed by atoms with van der Waals surface area (Å²) < 4.78 is 7.26. The van der Waals surface area contributed by atoms with E-state index in [4.69, 9.17) is 10.5 Å².